The Kier molecular flexibility index (Phi) is 3.48. The Labute approximate surface area is 110 Å². The van der Waals surface area contributed by atoms with Crippen molar-refractivity contribution in [2.24, 2.45) is 0 Å². The minimum Gasteiger partial charge on any atom is -0.335 e. The fourth-order valence-corrected chi connectivity index (χ4v) is 1.73. The molecule has 1 N–H and O–H groups in total. The van der Waals surface area contributed by atoms with Crippen LogP contribution in [0.1, 0.15) is 17.0 Å². The van der Waals surface area contributed by atoms with Crippen LogP contribution in [0.25, 0.3) is 0 Å². The number of anilines is 2. The van der Waals surface area contributed by atoms with Gasteiger partial charge in [-0.05, 0) is 38.5 Å². The van der Waals surface area contributed by atoms with Gasteiger partial charge in [-0.1, -0.05) is 17.7 Å². The fraction of sp³-hybridized carbons (Fsp3) is 0.231. The van der Waals surface area contributed by atoms with Gasteiger partial charge in [0.25, 0.3) is 0 Å². The van der Waals surface area contributed by atoms with Gasteiger partial charge in [-0.3, -0.25) is 0 Å². The van der Waals surface area contributed by atoms with E-state index in [0.29, 0.717) is 11.5 Å². The minimum absolute atomic E-state index is 0.235. The third kappa shape index (κ3) is 2.59. The summed E-state index contributed by atoms with van der Waals surface area (Å²) in [5.74, 6) is 0.0148. The second-order valence-corrected chi connectivity index (χ2v) is 4.50. The normalized spacial score (nSPS) is 10.5. The second kappa shape index (κ2) is 4.90. The zero-order valence-corrected chi connectivity index (χ0v) is 11.1. The van der Waals surface area contributed by atoms with Crippen LogP contribution in [-0.2, 0) is 0 Å². The number of hydrogen-bond acceptors (Lipinski definition) is 3. The number of hydrogen-bond donors (Lipinski definition) is 1. The summed E-state index contributed by atoms with van der Waals surface area (Å²) in [5, 5.41) is 3.10. The van der Waals surface area contributed by atoms with Gasteiger partial charge in [0.2, 0.25) is 0 Å². The molecule has 18 heavy (non-hydrogen) atoms. The molecular weight excluding hydrogens is 253 g/mol. The minimum atomic E-state index is -0.350. The first-order valence-electron chi connectivity index (χ1n) is 5.51. The maximum atomic E-state index is 13.6. The van der Waals surface area contributed by atoms with Crippen molar-refractivity contribution in [2.45, 2.75) is 20.8 Å². The van der Waals surface area contributed by atoms with Crippen LogP contribution in [-0.4, -0.2) is 9.97 Å². The van der Waals surface area contributed by atoms with Gasteiger partial charge in [0.05, 0.1) is 17.1 Å². The van der Waals surface area contributed by atoms with Crippen LogP contribution in [0.5, 0.6) is 0 Å². The van der Waals surface area contributed by atoms with Crippen LogP contribution in [0.15, 0.2) is 18.2 Å². The van der Waals surface area contributed by atoms with E-state index in [1.165, 1.54) is 6.07 Å². The van der Waals surface area contributed by atoms with E-state index in [-0.39, 0.29) is 11.0 Å². The number of aryl methyl sites for hydroxylation is 3. The van der Waals surface area contributed by atoms with Gasteiger partial charge < -0.3 is 5.32 Å². The number of halogens is 2. The van der Waals surface area contributed by atoms with Crippen LogP contribution >= 0.6 is 11.6 Å². The molecule has 1 aromatic heterocycles. The van der Waals surface area contributed by atoms with Crippen LogP contribution in [0.2, 0.25) is 5.15 Å². The van der Waals surface area contributed by atoms with E-state index in [1.807, 2.05) is 20.8 Å². The first-order valence-corrected chi connectivity index (χ1v) is 5.89. The summed E-state index contributed by atoms with van der Waals surface area (Å²) in [7, 11) is 0. The number of rotatable bonds is 2. The Morgan fingerprint density at radius 2 is 1.78 bits per heavy atom. The summed E-state index contributed by atoms with van der Waals surface area (Å²) in [4.78, 5) is 8.41. The highest BCUT2D eigenvalue weighted by atomic mass is 35.5. The summed E-state index contributed by atoms with van der Waals surface area (Å²) in [5.41, 5.74) is 2.81. The third-order valence-electron chi connectivity index (χ3n) is 2.64. The molecule has 0 atom stereocenters. The van der Waals surface area contributed by atoms with Crippen LogP contribution < -0.4 is 5.32 Å². The molecule has 0 saturated heterocycles. The zero-order chi connectivity index (χ0) is 13.3. The van der Waals surface area contributed by atoms with Crippen molar-refractivity contribution in [3.63, 3.8) is 0 Å². The molecule has 0 amide bonds. The van der Waals surface area contributed by atoms with Crippen molar-refractivity contribution >= 4 is 23.1 Å². The van der Waals surface area contributed by atoms with Crippen molar-refractivity contribution < 1.29 is 4.39 Å². The van der Waals surface area contributed by atoms with Crippen molar-refractivity contribution in [2.75, 3.05) is 5.32 Å². The Balaban J connectivity index is 2.40. The second-order valence-electron chi connectivity index (χ2n) is 4.14. The molecule has 2 rings (SSSR count). The lowest BCUT2D eigenvalue weighted by molar-refractivity contribution is 0.631. The molecule has 0 radical (unpaired) electrons. The van der Waals surface area contributed by atoms with E-state index < -0.39 is 0 Å². The third-order valence-corrected chi connectivity index (χ3v) is 2.90. The monoisotopic (exact) mass is 265 g/mol. The molecule has 3 nitrogen and oxygen atoms in total. The molecule has 0 fully saturated rings. The molecule has 1 aromatic carbocycles. The quantitative estimate of drug-likeness (QED) is 0.894. The molecule has 1 heterocycles. The van der Waals surface area contributed by atoms with Gasteiger partial charge in [-0.2, -0.15) is 0 Å². The number of nitrogens with zero attached hydrogens (tertiary/aromatic N) is 2. The van der Waals surface area contributed by atoms with Crippen LogP contribution in [0.3, 0.4) is 0 Å². The van der Waals surface area contributed by atoms with Gasteiger partial charge in [-0.25, -0.2) is 14.4 Å². The Morgan fingerprint density at radius 1 is 1.11 bits per heavy atom. The molecule has 0 aliphatic carbocycles. The molecule has 0 aliphatic heterocycles. The van der Waals surface area contributed by atoms with Crippen molar-refractivity contribution in [3.8, 4) is 0 Å². The highest BCUT2D eigenvalue weighted by molar-refractivity contribution is 6.31. The number of aromatic nitrogens is 2. The number of benzene rings is 1. The smallest absolute Gasteiger partial charge is 0.172 e. The molecule has 5 heteroatoms. The van der Waals surface area contributed by atoms with E-state index in [0.717, 1.165) is 17.0 Å². The highest BCUT2D eigenvalue weighted by Gasteiger charge is 2.09. The molecule has 2 aromatic rings. The first-order chi connectivity index (χ1) is 8.47. The van der Waals surface area contributed by atoms with Crippen LogP contribution in [0, 0.1) is 26.6 Å². The van der Waals surface area contributed by atoms with Crippen molar-refractivity contribution in [1.29, 1.82) is 0 Å². The van der Waals surface area contributed by atoms with E-state index in [1.54, 1.807) is 12.1 Å². The van der Waals surface area contributed by atoms with Gasteiger partial charge in [-0.15, -0.1) is 0 Å². The Bertz CT molecular complexity index is 599. The van der Waals surface area contributed by atoms with Gasteiger partial charge >= 0.3 is 0 Å². The van der Waals surface area contributed by atoms with E-state index in [9.17, 15) is 4.39 Å². The van der Waals surface area contributed by atoms with Crippen LogP contribution in [0.4, 0.5) is 15.9 Å². The number of nitrogens with one attached hydrogen (secondary N) is 1. The average molecular weight is 266 g/mol. The van der Waals surface area contributed by atoms with Crippen molar-refractivity contribution in [3.05, 3.63) is 46.1 Å². The van der Waals surface area contributed by atoms with E-state index in [2.05, 4.69) is 15.3 Å². The summed E-state index contributed by atoms with van der Waals surface area (Å²) >= 11 is 5.98. The van der Waals surface area contributed by atoms with Crippen molar-refractivity contribution in [1.82, 2.24) is 9.97 Å². The Morgan fingerprint density at radius 3 is 2.50 bits per heavy atom. The maximum absolute atomic E-state index is 13.6. The predicted molar refractivity (Wildman–Crippen MR) is 70.9 cm³/mol. The SMILES string of the molecule is Cc1ccc(F)c(Nc2nc(C)c(C)nc2Cl)c1. The lowest BCUT2D eigenvalue weighted by atomic mass is 10.2. The fourth-order valence-electron chi connectivity index (χ4n) is 1.52. The van der Waals surface area contributed by atoms with Gasteiger partial charge in [0.15, 0.2) is 11.0 Å². The summed E-state index contributed by atoms with van der Waals surface area (Å²) in [6.07, 6.45) is 0. The van der Waals surface area contributed by atoms with E-state index >= 15 is 0 Å². The predicted octanol–water partition coefficient (Wildman–Crippen LogP) is 3.94. The molecule has 0 spiro atoms. The zero-order valence-electron chi connectivity index (χ0n) is 10.4. The molecule has 0 bridgehead atoms. The molecule has 0 saturated carbocycles. The largest absolute Gasteiger partial charge is 0.335 e. The first kappa shape index (κ1) is 12.8. The molecule has 94 valence electrons. The molecule has 0 unspecified atom stereocenters. The standard InChI is InChI=1S/C13H13ClFN3/c1-7-4-5-10(15)11(6-7)18-13-12(14)16-8(2)9(3)17-13/h4-6H,1-3H3,(H,17,18). The lowest BCUT2D eigenvalue weighted by Gasteiger charge is -2.10. The lowest BCUT2D eigenvalue weighted by Crippen LogP contribution is -2.02. The maximum Gasteiger partial charge on any atom is 0.172 e. The van der Waals surface area contributed by atoms with E-state index in [4.69, 9.17) is 11.6 Å². The summed E-state index contributed by atoms with van der Waals surface area (Å²) < 4.78 is 13.6. The highest BCUT2D eigenvalue weighted by Crippen LogP contribution is 2.25. The molecule has 0 aliphatic rings. The van der Waals surface area contributed by atoms with Gasteiger partial charge in [0, 0.05) is 0 Å². The molecular formula is C13H13ClFN3. The summed E-state index contributed by atoms with van der Waals surface area (Å²) in [6.45, 7) is 5.54. The average Bonchev–Trinajstić information content (AvgIpc) is 2.30. The van der Waals surface area contributed by atoms with Gasteiger partial charge in [0.1, 0.15) is 5.82 Å². The topological polar surface area (TPSA) is 37.8 Å². The summed E-state index contributed by atoms with van der Waals surface area (Å²) in [6, 6.07) is 4.80. The Hall–Kier alpha value is -1.68.